The molecular formula is C18H32N2O2. The van der Waals surface area contributed by atoms with Crippen LogP contribution in [0, 0.1) is 5.92 Å². The molecule has 1 aliphatic carbocycles. The first kappa shape index (κ1) is 16.0. The zero-order valence-electron chi connectivity index (χ0n) is 13.9. The third kappa shape index (κ3) is 3.54. The van der Waals surface area contributed by atoms with Gasteiger partial charge in [0.2, 0.25) is 0 Å². The first-order chi connectivity index (χ1) is 10.8. The van der Waals surface area contributed by atoms with Crippen LogP contribution >= 0.6 is 0 Å². The number of likely N-dealkylation sites (tertiary alicyclic amines) is 1. The molecule has 3 rings (SSSR count). The van der Waals surface area contributed by atoms with Crippen LogP contribution in [0.5, 0.6) is 0 Å². The predicted octanol–water partition coefficient (Wildman–Crippen LogP) is 2.74. The van der Waals surface area contributed by atoms with Crippen molar-refractivity contribution in [2.75, 3.05) is 26.7 Å². The Kier molecular flexibility index (Phi) is 5.53. The molecule has 2 fully saturated rings. The van der Waals surface area contributed by atoms with E-state index in [1.165, 1.54) is 52.3 Å². The second kappa shape index (κ2) is 7.60. The summed E-state index contributed by atoms with van der Waals surface area (Å²) >= 11 is 0. The molecule has 0 spiro atoms. The van der Waals surface area contributed by atoms with Gasteiger partial charge in [0.15, 0.2) is 0 Å². The van der Waals surface area contributed by atoms with E-state index in [4.69, 9.17) is 4.74 Å². The zero-order valence-corrected chi connectivity index (χ0v) is 13.9. The monoisotopic (exact) mass is 308 g/mol. The number of esters is 1. The first-order valence-electron chi connectivity index (χ1n) is 9.04. The lowest BCUT2D eigenvalue weighted by Crippen LogP contribution is -2.55. The summed E-state index contributed by atoms with van der Waals surface area (Å²) in [6.45, 7) is 3.54. The molecule has 2 heterocycles. The van der Waals surface area contributed by atoms with Crippen LogP contribution in [0.15, 0.2) is 11.6 Å². The molecule has 2 aliphatic heterocycles. The van der Waals surface area contributed by atoms with Gasteiger partial charge >= 0.3 is 5.97 Å². The van der Waals surface area contributed by atoms with E-state index >= 15 is 0 Å². The van der Waals surface area contributed by atoms with E-state index < -0.39 is 0 Å². The Labute approximate surface area is 135 Å². The number of hydrogen-bond acceptors (Lipinski definition) is 4. The van der Waals surface area contributed by atoms with Crippen molar-refractivity contribution in [3.8, 4) is 0 Å². The molecule has 0 aromatic carbocycles. The first-order valence-corrected chi connectivity index (χ1v) is 9.04. The third-order valence-corrected chi connectivity index (χ3v) is 5.75. The van der Waals surface area contributed by atoms with Gasteiger partial charge in [0.1, 0.15) is 0 Å². The van der Waals surface area contributed by atoms with Gasteiger partial charge < -0.3 is 10.1 Å². The van der Waals surface area contributed by atoms with Crippen LogP contribution in [0.2, 0.25) is 0 Å². The molecule has 0 aromatic heterocycles. The Morgan fingerprint density at radius 2 is 2.09 bits per heavy atom. The Morgan fingerprint density at radius 1 is 1.27 bits per heavy atom. The Hall–Kier alpha value is -0.870. The number of carbonyl (C=O) groups is 1. The predicted molar refractivity (Wildman–Crippen MR) is 89.8 cm³/mol. The van der Waals surface area contributed by atoms with Crippen molar-refractivity contribution >= 4 is 5.97 Å². The van der Waals surface area contributed by atoms with Crippen LogP contribution in [0.1, 0.15) is 52.8 Å². The molecule has 0 aromatic rings. The molecule has 1 saturated heterocycles. The molecule has 22 heavy (non-hydrogen) atoms. The van der Waals surface area contributed by atoms with Crippen LogP contribution in [0.25, 0.3) is 0 Å². The highest BCUT2D eigenvalue weighted by molar-refractivity contribution is 5.88. The van der Waals surface area contributed by atoms with E-state index in [0.717, 1.165) is 31.4 Å². The molecular weight excluding hydrogens is 276 g/mol. The molecule has 0 unspecified atom stereocenters. The van der Waals surface area contributed by atoms with Gasteiger partial charge in [-0.2, -0.15) is 0 Å². The van der Waals surface area contributed by atoms with Crippen molar-refractivity contribution in [3.63, 3.8) is 0 Å². The highest BCUT2D eigenvalue weighted by Gasteiger charge is 2.37. The molecule has 0 amide bonds. The number of fused-ring (bicyclic) bond motifs is 1. The standard InChI is InChI=1S/C18H30N2O2.H2/c1-22-18(21)15-7-5-11-19-17-14(9-10-15)6-4-8-16(17)20-12-2-3-13-20;/h7,14,16-17,19H,2-6,8-13H2,1H3;1H/b15-7-;/t14-,16-,17+;/m0./s1. The molecule has 1 saturated carbocycles. The number of nitrogens with one attached hydrogen (secondary N) is 1. The van der Waals surface area contributed by atoms with Crippen molar-refractivity contribution in [2.24, 2.45) is 5.92 Å². The summed E-state index contributed by atoms with van der Waals surface area (Å²) in [5.74, 6) is 0.566. The maximum Gasteiger partial charge on any atom is 0.333 e. The minimum atomic E-state index is -0.134. The summed E-state index contributed by atoms with van der Waals surface area (Å²) in [7, 11) is 1.49. The molecule has 0 bridgehead atoms. The zero-order chi connectivity index (χ0) is 15.4. The fourth-order valence-electron chi connectivity index (χ4n) is 4.63. The van der Waals surface area contributed by atoms with E-state index in [9.17, 15) is 4.79 Å². The van der Waals surface area contributed by atoms with Gasteiger partial charge in [0.25, 0.3) is 0 Å². The fourth-order valence-corrected chi connectivity index (χ4v) is 4.63. The highest BCUT2D eigenvalue weighted by Crippen LogP contribution is 2.34. The fraction of sp³-hybridized carbons (Fsp3) is 0.833. The van der Waals surface area contributed by atoms with E-state index in [1.807, 2.05) is 0 Å². The third-order valence-electron chi connectivity index (χ3n) is 5.75. The number of carbonyl (C=O) groups excluding carboxylic acids is 1. The number of nitrogens with zero attached hydrogens (tertiary/aromatic N) is 1. The lowest BCUT2D eigenvalue weighted by molar-refractivity contribution is -0.136. The number of hydrogen-bond donors (Lipinski definition) is 1. The SMILES string of the molecule is COC(=O)/C1=C\CCN[C@@H]2[C@@H](CCC[C@@H]2N2CCCC2)CC1.[HH]. The average Bonchev–Trinajstić information content (AvgIpc) is 3.10. The normalized spacial score (nSPS) is 36.4. The number of rotatable bonds is 2. The summed E-state index contributed by atoms with van der Waals surface area (Å²) in [5, 5.41) is 3.83. The van der Waals surface area contributed by atoms with Gasteiger partial charge in [-0.25, -0.2) is 4.79 Å². The Morgan fingerprint density at radius 3 is 2.86 bits per heavy atom. The van der Waals surface area contributed by atoms with Gasteiger partial charge in [0, 0.05) is 19.1 Å². The molecule has 4 nitrogen and oxygen atoms in total. The average molecular weight is 308 g/mol. The van der Waals surface area contributed by atoms with E-state index in [1.54, 1.807) is 0 Å². The summed E-state index contributed by atoms with van der Waals surface area (Å²) in [5.41, 5.74) is 0.883. The lowest BCUT2D eigenvalue weighted by atomic mass is 9.77. The molecule has 4 heteroatoms. The number of ether oxygens (including phenoxy) is 1. The van der Waals surface area contributed by atoms with Crippen LogP contribution in [0.3, 0.4) is 0 Å². The van der Waals surface area contributed by atoms with Crippen molar-refractivity contribution in [1.82, 2.24) is 10.2 Å². The summed E-state index contributed by atoms with van der Waals surface area (Å²) in [6, 6.07) is 1.32. The molecule has 1 N–H and O–H groups in total. The Bertz CT molecular complexity index is 421. The quantitative estimate of drug-likeness (QED) is 0.797. The lowest BCUT2D eigenvalue weighted by Gasteiger charge is -2.43. The van der Waals surface area contributed by atoms with Gasteiger partial charge in [-0.15, -0.1) is 0 Å². The van der Waals surface area contributed by atoms with E-state index in [-0.39, 0.29) is 7.40 Å². The van der Waals surface area contributed by atoms with E-state index in [2.05, 4.69) is 16.3 Å². The minimum absolute atomic E-state index is 0. The van der Waals surface area contributed by atoms with Gasteiger partial charge in [-0.1, -0.05) is 12.5 Å². The topological polar surface area (TPSA) is 41.6 Å². The van der Waals surface area contributed by atoms with Gasteiger partial charge in [-0.05, 0) is 70.5 Å². The van der Waals surface area contributed by atoms with Crippen molar-refractivity contribution in [3.05, 3.63) is 11.6 Å². The maximum absolute atomic E-state index is 11.9. The molecule has 3 aliphatic rings. The van der Waals surface area contributed by atoms with Crippen LogP contribution in [-0.2, 0) is 9.53 Å². The summed E-state index contributed by atoms with van der Waals surface area (Å²) in [4.78, 5) is 14.6. The second-order valence-corrected chi connectivity index (χ2v) is 7.03. The second-order valence-electron chi connectivity index (χ2n) is 7.03. The summed E-state index contributed by atoms with van der Waals surface area (Å²) < 4.78 is 4.93. The Balaban J connectivity index is 0.00000192. The molecule has 0 radical (unpaired) electrons. The summed E-state index contributed by atoms with van der Waals surface area (Å²) in [6.07, 6.45) is 11.7. The van der Waals surface area contributed by atoms with Crippen LogP contribution < -0.4 is 5.32 Å². The maximum atomic E-state index is 11.9. The molecule has 3 atom stereocenters. The van der Waals surface area contributed by atoms with Crippen molar-refractivity contribution < 1.29 is 11.0 Å². The van der Waals surface area contributed by atoms with Crippen LogP contribution in [-0.4, -0.2) is 49.7 Å². The van der Waals surface area contributed by atoms with Crippen molar-refractivity contribution in [1.29, 1.82) is 0 Å². The van der Waals surface area contributed by atoms with Crippen LogP contribution in [0.4, 0.5) is 0 Å². The largest absolute Gasteiger partial charge is 0.466 e. The van der Waals surface area contributed by atoms with Gasteiger partial charge in [0.05, 0.1) is 7.11 Å². The molecule has 126 valence electrons. The minimum Gasteiger partial charge on any atom is -0.466 e. The van der Waals surface area contributed by atoms with Crippen molar-refractivity contribution in [2.45, 2.75) is 63.5 Å². The number of methoxy groups -OCH3 is 1. The van der Waals surface area contributed by atoms with Gasteiger partial charge in [-0.3, -0.25) is 4.90 Å². The van der Waals surface area contributed by atoms with E-state index in [0.29, 0.717) is 18.0 Å². The highest BCUT2D eigenvalue weighted by atomic mass is 16.5. The smallest absolute Gasteiger partial charge is 0.333 e.